The van der Waals surface area contributed by atoms with Gasteiger partial charge in [-0.3, -0.25) is 13.9 Å². The average Bonchev–Trinajstić information content (AvgIpc) is 3.03. The Morgan fingerprint density at radius 3 is 2.16 bits per heavy atom. The van der Waals surface area contributed by atoms with Crippen molar-refractivity contribution in [1.82, 2.24) is 10.2 Å². The first kappa shape index (κ1) is 33.8. The smallest absolute Gasteiger partial charge is 0.264 e. The van der Waals surface area contributed by atoms with Crippen LogP contribution in [-0.4, -0.2) is 50.9 Å². The molecule has 0 spiro atoms. The van der Waals surface area contributed by atoms with Gasteiger partial charge in [0.25, 0.3) is 10.0 Å². The number of nitrogens with zero attached hydrogens (tertiary/aromatic N) is 2. The molecule has 0 aromatic heterocycles. The highest BCUT2D eigenvalue weighted by Crippen LogP contribution is 2.33. The van der Waals surface area contributed by atoms with E-state index in [2.05, 4.69) is 5.32 Å². The van der Waals surface area contributed by atoms with Gasteiger partial charge in [0.2, 0.25) is 11.8 Å². The first-order valence-electron chi connectivity index (χ1n) is 14.5. The van der Waals surface area contributed by atoms with Gasteiger partial charge in [0.05, 0.1) is 17.2 Å². The molecule has 0 saturated heterocycles. The summed E-state index contributed by atoms with van der Waals surface area (Å²) in [5.41, 5.74) is 1.70. The highest BCUT2D eigenvalue weighted by Gasteiger charge is 2.35. The number of nitrogens with one attached hydrogen (secondary N) is 1. The quantitative estimate of drug-likeness (QED) is 0.169. The summed E-state index contributed by atoms with van der Waals surface area (Å²) < 4.78 is 35.2. The lowest BCUT2D eigenvalue weighted by molar-refractivity contribution is -0.140. The number of likely N-dealkylation sites (N-methyl/N-ethyl adjacent to an activating group) is 1. The first-order chi connectivity index (χ1) is 21.6. The molecular formula is C34H35Cl2N3O5S. The van der Waals surface area contributed by atoms with Crippen LogP contribution in [0, 0.1) is 0 Å². The predicted molar refractivity (Wildman–Crippen MR) is 178 cm³/mol. The summed E-state index contributed by atoms with van der Waals surface area (Å²) in [4.78, 5) is 29.5. The number of para-hydroxylation sites is 2. The van der Waals surface area contributed by atoms with Crippen LogP contribution in [0.5, 0.6) is 5.75 Å². The van der Waals surface area contributed by atoms with Crippen molar-refractivity contribution in [2.75, 3.05) is 24.0 Å². The molecule has 4 aromatic carbocycles. The highest BCUT2D eigenvalue weighted by molar-refractivity contribution is 7.92. The van der Waals surface area contributed by atoms with Gasteiger partial charge in [-0.15, -0.1) is 0 Å². The normalized spacial score (nSPS) is 11.8. The molecule has 4 aromatic rings. The maximum atomic E-state index is 14.5. The third-order valence-corrected chi connectivity index (χ3v) is 9.24. The summed E-state index contributed by atoms with van der Waals surface area (Å²) in [6.45, 7) is 3.61. The molecular weight excluding hydrogens is 633 g/mol. The van der Waals surface area contributed by atoms with Gasteiger partial charge in [-0.1, -0.05) is 77.8 Å². The number of amides is 2. The minimum absolute atomic E-state index is 0.00989. The Labute approximate surface area is 274 Å². The molecule has 4 rings (SSSR count). The van der Waals surface area contributed by atoms with E-state index in [0.29, 0.717) is 22.2 Å². The lowest BCUT2D eigenvalue weighted by atomic mass is 10.0. The molecule has 0 radical (unpaired) electrons. The number of rotatable bonds is 14. The number of carbonyl (C=O) groups excluding carboxylic acids is 2. The second-order valence-corrected chi connectivity index (χ2v) is 12.9. The lowest BCUT2D eigenvalue weighted by Crippen LogP contribution is -2.53. The summed E-state index contributed by atoms with van der Waals surface area (Å²) in [6.07, 6.45) is 0.207. The van der Waals surface area contributed by atoms with Gasteiger partial charge in [-0.05, 0) is 73.5 Å². The van der Waals surface area contributed by atoms with Crippen molar-refractivity contribution in [3.05, 3.63) is 124 Å². The third-order valence-electron chi connectivity index (χ3n) is 6.98. The van der Waals surface area contributed by atoms with E-state index in [0.717, 1.165) is 9.87 Å². The molecule has 0 saturated carbocycles. The van der Waals surface area contributed by atoms with Gasteiger partial charge < -0.3 is 15.0 Å². The van der Waals surface area contributed by atoms with E-state index in [9.17, 15) is 18.0 Å². The number of hydrogen-bond donors (Lipinski definition) is 1. The molecule has 1 atom stereocenters. The van der Waals surface area contributed by atoms with E-state index in [1.807, 2.05) is 30.3 Å². The summed E-state index contributed by atoms with van der Waals surface area (Å²) in [7, 11) is -4.31. The molecule has 1 N–H and O–H groups in total. The Morgan fingerprint density at radius 2 is 1.49 bits per heavy atom. The standard InChI is InChI=1S/C34H35Cl2N3O5S/c1-3-37-34(41)31(22-25-11-6-5-7-12-25)38(23-26-13-10-14-28(36)21-26)33(40)24-39(30-15-8-9-16-32(30)44-4-2)45(42,43)29-19-17-27(35)18-20-29/h5-21,31H,3-4,22-24H2,1-2H3,(H,37,41)/t31-/m0/s1. The zero-order valence-electron chi connectivity index (χ0n) is 25.0. The van der Waals surface area contributed by atoms with E-state index >= 15 is 0 Å². The Bertz CT molecular complexity index is 1700. The van der Waals surface area contributed by atoms with Crippen LogP contribution in [0.25, 0.3) is 0 Å². The Balaban J connectivity index is 1.83. The molecule has 0 fully saturated rings. The highest BCUT2D eigenvalue weighted by atomic mass is 35.5. The minimum Gasteiger partial charge on any atom is -0.492 e. The molecule has 0 aliphatic carbocycles. The van der Waals surface area contributed by atoms with Gasteiger partial charge in [0.15, 0.2) is 0 Å². The van der Waals surface area contributed by atoms with Crippen LogP contribution in [0.2, 0.25) is 10.0 Å². The molecule has 45 heavy (non-hydrogen) atoms. The van der Waals surface area contributed by atoms with Crippen LogP contribution in [-0.2, 0) is 32.6 Å². The maximum absolute atomic E-state index is 14.5. The molecule has 236 valence electrons. The maximum Gasteiger partial charge on any atom is 0.264 e. The van der Waals surface area contributed by atoms with E-state index in [4.69, 9.17) is 27.9 Å². The van der Waals surface area contributed by atoms with Crippen LogP contribution < -0.4 is 14.4 Å². The molecule has 0 bridgehead atoms. The molecule has 0 heterocycles. The molecule has 2 amide bonds. The van der Waals surface area contributed by atoms with Gasteiger partial charge in [-0.25, -0.2) is 8.42 Å². The Hall–Kier alpha value is -4.05. The van der Waals surface area contributed by atoms with Crippen molar-refractivity contribution in [2.45, 2.75) is 37.8 Å². The zero-order chi connectivity index (χ0) is 32.4. The first-order valence-corrected chi connectivity index (χ1v) is 16.7. The van der Waals surface area contributed by atoms with Crippen molar-refractivity contribution in [3.63, 3.8) is 0 Å². The molecule has 11 heteroatoms. The monoisotopic (exact) mass is 667 g/mol. The largest absolute Gasteiger partial charge is 0.492 e. The lowest BCUT2D eigenvalue weighted by Gasteiger charge is -2.34. The summed E-state index contributed by atoms with van der Waals surface area (Å²) in [6, 6.07) is 27.7. The van der Waals surface area contributed by atoms with E-state index in [1.54, 1.807) is 62.4 Å². The fraction of sp³-hybridized carbons (Fsp3) is 0.235. The number of anilines is 1. The fourth-order valence-corrected chi connectivity index (χ4v) is 6.63. The number of sulfonamides is 1. The van der Waals surface area contributed by atoms with Crippen molar-refractivity contribution in [2.24, 2.45) is 0 Å². The Morgan fingerprint density at radius 1 is 0.822 bits per heavy atom. The molecule has 0 aliphatic rings. The van der Waals surface area contributed by atoms with Crippen molar-refractivity contribution in [3.8, 4) is 5.75 Å². The molecule has 8 nitrogen and oxygen atoms in total. The fourth-order valence-electron chi connectivity index (χ4n) is 4.87. The number of halogens is 2. The zero-order valence-corrected chi connectivity index (χ0v) is 27.4. The van der Waals surface area contributed by atoms with Crippen molar-refractivity contribution in [1.29, 1.82) is 0 Å². The van der Waals surface area contributed by atoms with Crippen LogP contribution in [0.1, 0.15) is 25.0 Å². The van der Waals surface area contributed by atoms with Crippen LogP contribution in [0.3, 0.4) is 0 Å². The van der Waals surface area contributed by atoms with E-state index < -0.39 is 28.5 Å². The van der Waals surface area contributed by atoms with Gasteiger partial charge in [-0.2, -0.15) is 0 Å². The van der Waals surface area contributed by atoms with E-state index in [1.165, 1.54) is 29.2 Å². The van der Waals surface area contributed by atoms with Gasteiger partial charge >= 0.3 is 0 Å². The summed E-state index contributed by atoms with van der Waals surface area (Å²) in [5, 5.41) is 3.68. The molecule has 0 aliphatic heterocycles. The second kappa shape index (κ2) is 15.8. The van der Waals surface area contributed by atoms with Crippen LogP contribution in [0.15, 0.2) is 108 Å². The van der Waals surface area contributed by atoms with Gasteiger partial charge in [0, 0.05) is 29.6 Å². The topological polar surface area (TPSA) is 96.0 Å². The second-order valence-electron chi connectivity index (χ2n) is 10.1. The van der Waals surface area contributed by atoms with E-state index in [-0.39, 0.29) is 41.8 Å². The third kappa shape index (κ3) is 8.78. The number of benzene rings is 4. The molecule has 0 unspecified atom stereocenters. The van der Waals surface area contributed by atoms with Crippen LogP contribution >= 0.6 is 23.2 Å². The van der Waals surface area contributed by atoms with Crippen molar-refractivity contribution >= 4 is 50.7 Å². The number of ether oxygens (including phenoxy) is 1. The summed E-state index contributed by atoms with van der Waals surface area (Å²) >= 11 is 12.3. The predicted octanol–water partition coefficient (Wildman–Crippen LogP) is 6.36. The summed E-state index contributed by atoms with van der Waals surface area (Å²) in [5.74, 6) is -0.666. The number of hydrogen-bond acceptors (Lipinski definition) is 5. The van der Waals surface area contributed by atoms with Gasteiger partial charge in [0.1, 0.15) is 18.3 Å². The SMILES string of the molecule is CCNC(=O)[C@H](Cc1ccccc1)N(Cc1cccc(Cl)c1)C(=O)CN(c1ccccc1OCC)S(=O)(=O)c1ccc(Cl)cc1. The Kier molecular flexibility index (Phi) is 11.9. The van der Waals surface area contributed by atoms with Crippen molar-refractivity contribution < 1.29 is 22.7 Å². The average molecular weight is 669 g/mol. The number of carbonyl (C=O) groups is 2. The minimum atomic E-state index is -4.31. The van der Waals surface area contributed by atoms with Crippen LogP contribution in [0.4, 0.5) is 5.69 Å².